The van der Waals surface area contributed by atoms with Gasteiger partial charge >= 0.3 is 0 Å². The van der Waals surface area contributed by atoms with Crippen LogP contribution < -0.4 is 5.32 Å². The Morgan fingerprint density at radius 1 is 1.44 bits per heavy atom. The molecule has 0 fully saturated rings. The Morgan fingerprint density at radius 2 is 2.11 bits per heavy atom. The van der Waals surface area contributed by atoms with Crippen molar-refractivity contribution < 1.29 is 9.90 Å². The zero-order valence-corrected chi connectivity index (χ0v) is 12.6. The lowest BCUT2D eigenvalue weighted by atomic mass is 9.86. The fourth-order valence-electron chi connectivity index (χ4n) is 2.15. The van der Waals surface area contributed by atoms with Crippen LogP contribution in [0.4, 0.5) is 4.79 Å². The number of rotatable bonds is 4. The van der Waals surface area contributed by atoms with Gasteiger partial charge in [0.15, 0.2) is 0 Å². The molecule has 0 aromatic carbocycles. The number of aliphatic hydroxyl groups is 1. The molecule has 2 N–H and O–H groups in total. The Kier molecular flexibility index (Phi) is 6.22. The second-order valence-corrected chi connectivity index (χ2v) is 6.71. The summed E-state index contributed by atoms with van der Waals surface area (Å²) in [6.07, 6.45) is 4.84. The molecule has 0 bridgehead atoms. The second-order valence-electron chi connectivity index (χ2n) is 5.61. The predicted octanol–water partition coefficient (Wildman–Crippen LogP) is 3.54. The van der Waals surface area contributed by atoms with Crippen LogP contribution in [0, 0.1) is 11.8 Å². The lowest BCUT2D eigenvalue weighted by Crippen LogP contribution is -2.28. The molecule has 3 nitrogen and oxygen atoms in total. The molecule has 1 rings (SSSR count). The van der Waals surface area contributed by atoms with E-state index in [9.17, 15) is 9.90 Å². The number of hydrogen-bond donors (Lipinski definition) is 2. The van der Waals surface area contributed by atoms with Gasteiger partial charge in [-0.15, -0.1) is 0 Å². The summed E-state index contributed by atoms with van der Waals surface area (Å²) in [7, 11) is 0. The van der Waals surface area contributed by atoms with Gasteiger partial charge in [-0.2, -0.15) is 0 Å². The highest BCUT2D eigenvalue weighted by Crippen LogP contribution is 2.33. The number of carbonyl (C=O) groups excluding carboxylic acids is 1. The number of amides is 1. The van der Waals surface area contributed by atoms with Crippen LogP contribution in [-0.4, -0.2) is 22.5 Å². The molecule has 4 heteroatoms. The Morgan fingerprint density at radius 3 is 2.67 bits per heavy atom. The van der Waals surface area contributed by atoms with Gasteiger partial charge in [-0.25, -0.2) is 0 Å². The van der Waals surface area contributed by atoms with Gasteiger partial charge in [0.05, 0.1) is 6.10 Å². The number of carbonyl (C=O) groups is 1. The van der Waals surface area contributed by atoms with Gasteiger partial charge in [0.1, 0.15) is 0 Å². The van der Waals surface area contributed by atoms with Crippen LogP contribution in [0.2, 0.25) is 0 Å². The summed E-state index contributed by atoms with van der Waals surface area (Å²) in [6.45, 7) is 7.98. The van der Waals surface area contributed by atoms with E-state index in [0.29, 0.717) is 0 Å². The van der Waals surface area contributed by atoms with Gasteiger partial charge in [0.25, 0.3) is 5.24 Å². The number of hydrogen-bond acceptors (Lipinski definition) is 3. The molecule has 1 amide bonds. The van der Waals surface area contributed by atoms with E-state index in [-0.39, 0.29) is 29.2 Å². The molecule has 1 aliphatic carbocycles. The van der Waals surface area contributed by atoms with Crippen molar-refractivity contribution in [2.45, 2.75) is 59.1 Å². The van der Waals surface area contributed by atoms with E-state index in [0.717, 1.165) is 24.2 Å². The van der Waals surface area contributed by atoms with Crippen LogP contribution in [0.1, 0.15) is 47.0 Å². The largest absolute Gasteiger partial charge is 0.392 e. The third-order valence-electron chi connectivity index (χ3n) is 3.11. The molecular weight excluding hydrogens is 246 g/mol. The van der Waals surface area contributed by atoms with E-state index in [2.05, 4.69) is 11.4 Å². The Labute approximate surface area is 114 Å². The Hall–Kier alpha value is -0.480. The third-order valence-corrected chi connectivity index (χ3v) is 4.02. The zero-order valence-electron chi connectivity index (χ0n) is 11.8. The summed E-state index contributed by atoms with van der Waals surface area (Å²) in [5, 5.41) is 13.0. The van der Waals surface area contributed by atoms with Crippen molar-refractivity contribution in [2.24, 2.45) is 11.8 Å². The first-order valence-corrected chi connectivity index (χ1v) is 7.59. The summed E-state index contributed by atoms with van der Waals surface area (Å²) >= 11 is 1.28. The molecule has 0 saturated carbocycles. The molecule has 0 aliphatic heterocycles. The highest BCUT2D eigenvalue weighted by molar-refractivity contribution is 8.16. The maximum atomic E-state index is 11.7. The van der Waals surface area contributed by atoms with Gasteiger partial charge < -0.3 is 10.4 Å². The van der Waals surface area contributed by atoms with Crippen LogP contribution in [0.5, 0.6) is 0 Å². The molecule has 104 valence electrons. The quantitative estimate of drug-likeness (QED) is 0.822. The standard InChI is InChI=1S/C14H25NO2S/c1-9(2)13(16)11-6-5-7-12(8-11)18-14(17)15-10(3)4/h8-11,13,16H,5-7H2,1-4H3,(H,15,17)/t11-,13-/m1/s1. The minimum absolute atomic E-state index is 0.0101. The molecular formula is C14H25NO2S. The van der Waals surface area contributed by atoms with Crippen molar-refractivity contribution in [3.8, 4) is 0 Å². The molecule has 18 heavy (non-hydrogen) atoms. The number of aliphatic hydroxyl groups excluding tert-OH is 1. The molecule has 0 heterocycles. The van der Waals surface area contributed by atoms with Crippen LogP contribution in [0.3, 0.4) is 0 Å². The summed E-state index contributed by atoms with van der Waals surface area (Å²) in [6, 6.07) is 0.172. The molecule has 2 atom stereocenters. The summed E-state index contributed by atoms with van der Waals surface area (Å²) in [5.41, 5.74) is 0. The highest BCUT2D eigenvalue weighted by atomic mass is 32.2. The molecule has 1 aliphatic rings. The monoisotopic (exact) mass is 271 g/mol. The van der Waals surface area contributed by atoms with Crippen LogP contribution >= 0.6 is 11.8 Å². The van der Waals surface area contributed by atoms with E-state index in [1.807, 2.05) is 27.7 Å². The SMILES string of the molecule is CC(C)NC(=O)SC1=C[C@H]([C@H](O)C(C)C)CCC1. The lowest BCUT2D eigenvalue weighted by molar-refractivity contribution is 0.0778. The summed E-state index contributed by atoms with van der Waals surface area (Å²) in [5.74, 6) is 0.466. The molecule has 0 unspecified atom stereocenters. The molecule has 0 aromatic heterocycles. The minimum Gasteiger partial charge on any atom is -0.392 e. The third kappa shape index (κ3) is 5.02. The second kappa shape index (κ2) is 7.19. The maximum absolute atomic E-state index is 11.7. The normalized spacial score (nSPS) is 21.9. The average Bonchev–Trinajstić information content (AvgIpc) is 2.26. The van der Waals surface area contributed by atoms with Crippen molar-refractivity contribution in [3.63, 3.8) is 0 Å². The average molecular weight is 271 g/mol. The zero-order chi connectivity index (χ0) is 13.7. The molecule has 0 radical (unpaired) electrons. The number of allylic oxidation sites excluding steroid dienone is 1. The van der Waals surface area contributed by atoms with Crippen molar-refractivity contribution >= 4 is 17.0 Å². The maximum Gasteiger partial charge on any atom is 0.283 e. The van der Waals surface area contributed by atoms with Crippen LogP contribution in [0.15, 0.2) is 11.0 Å². The Bertz CT molecular complexity index is 313. The first-order chi connectivity index (χ1) is 8.40. The predicted molar refractivity (Wildman–Crippen MR) is 77.5 cm³/mol. The van der Waals surface area contributed by atoms with Crippen molar-refractivity contribution in [1.82, 2.24) is 5.32 Å². The topological polar surface area (TPSA) is 49.3 Å². The van der Waals surface area contributed by atoms with Gasteiger partial charge in [-0.1, -0.05) is 19.9 Å². The van der Waals surface area contributed by atoms with E-state index in [1.54, 1.807) is 0 Å². The lowest BCUT2D eigenvalue weighted by Gasteiger charge is -2.27. The van der Waals surface area contributed by atoms with E-state index < -0.39 is 0 Å². The van der Waals surface area contributed by atoms with Gasteiger partial charge in [0.2, 0.25) is 0 Å². The van der Waals surface area contributed by atoms with Crippen molar-refractivity contribution in [3.05, 3.63) is 11.0 Å². The van der Waals surface area contributed by atoms with Crippen LogP contribution in [-0.2, 0) is 0 Å². The molecule has 0 aromatic rings. The highest BCUT2D eigenvalue weighted by Gasteiger charge is 2.24. The number of nitrogens with one attached hydrogen (secondary N) is 1. The van der Waals surface area contributed by atoms with Gasteiger partial charge in [-0.05, 0) is 55.7 Å². The van der Waals surface area contributed by atoms with E-state index >= 15 is 0 Å². The van der Waals surface area contributed by atoms with Crippen molar-refractivity contribution in [1.29, 1.82) is 0 Å². The fraction of sp³-hybridized carbons (Fsp3) is 0.786. The van der Waals surface area contributed by atoms with Crippen LogP contribution in [0.25, 0.3) is 0 Å². The summed E-state index contributed by atoms with van der Waals surface area (Å²) in [4.78, 5) is 12.8. The first kappa shape index (κ1) is 15.6. The smallest absolute Gasteiger partial charge is 0.283 e. The van der Waals surface area contributed by atoms with Gasteiger partial charge in [-0.3, -0.25) is 4.79 Å². The first-order valence-electron chi connectivity index (χ1n) is 6.77. The van der Waals surface area contributed by atoms with Gasteiger partial charge in [0, 0.05) is 12.0 Å². The minimum atomic E-state index is -0.297. The van der Waals surface area contributed by atoms with Crippen molar-refractivity contribution in [2.75, 3.05) is 0 Å². The molecule has 0 saturated heterocycles. The van der Waals surface area contributed by atoms with E-state index in [4.69, 9.17) is 0 Å². The fourth-order valence-corrected chi connectivity index (χ4v) is 3.17. The van der Waals surface area contributed by atoms with E-state index in [1.165, 1.54) is 11.8 Å². The Balaban J connectivity index is 2.57. The number of thioether (sulfide) groups is 1. The summed E-state index contributed by atoms with van der Waals surface area (Å²) < 4.78 is 0. The molecule has 0 spiro atoms.